The summed E-state index contributed by atoms with van der Waals surface area (Å²) in [4.78, 5) is 13.1. The van der Waals surface area contributed by atoms with Gasteiger partial charge in [-0.3, -0.25) is 4.72 Å². The molecule has 0 bridgehead atoms. The molecular weight excluding hydrogens is 450 g/mol. The zero-order valence-corrected chi connectivity index (χ0v) is 21.3. The first-order valence-corrected chi connectivity index (χ1v) is 12.5. The Bertz CT molecular complexity index is 1530. The van der Waals surface area contributed by atoms with E-state index in [9.17, 15) is 13.2 Å². The molecule has 1 N–H and O–H groups in total. The third kappa shape index (κ3) is 3.94. The minimum Gasteiger partial charge on any atom is -0.465 e. The van der Waals surface area contributed by atoms with Crippen molar-refractivity contribution in [1.29, 1.82) is 0 Å². The smallest absolute Gasteiger partial charge is 0.342 e. The molecule has 0 aliphatic carbocycles. The summed E-state index contributed by atoms with van der Waals surface area (Å²) in [6, 6.07) is 12.7. The number of fused-ring (bicyclic) bond motifs is 3. The predicted molar refractivity (Wildman–Crippen MR) is 135 cm³/mol. The molecule has 0 aliphatic heterocycles. The number of sulfonamides is 1. The van der Waals surface area contributed by atoms with E-state index in [0.717, 1.165) is 5.56 Å². The minimum atomic E-state index is -3.91. The number of nitrogens with one attached hydrogen (secondary N) is 1. The molecule has 34 heavy (non-hydrogen) atoms. The van der Waals surface area contributed by atoms with Gasteiger partial charge in [-0.2, -0.15) is 0 Å². The van der Waals surface area contributed by atoms with Crippen molar-refractivity contribution in [2.45, 2.75) is 51.9 Å². The van der Waals surface area contributed by atoms with E-state index >= 15 is 0 Å². The summed E-state index contributed by atoms with van der Waals surface area (Å²) in [7, 11) is -2.59. The van der Waals surface area contributed by atoms with Crippen LogP contribution < -0.4 is 4.72 Å². The third-order valence-electron chi connectivity index (χ3n) is 5.88. The second-order valence-corrected chi connectivity index (χ2v) is 11.3. The summed E-state index contributed by atoms with van der Waals surface area (Å²) in [6.07, 6.45) is 0. The summed E-state index contributed by atoms with van der Waals surface area (Å²) < 4.78 is 41.2. The van der Waals surface area contributed by atoms with Gasteiger partial charge >= 0.3 is 5.97 Å². The highest BCUT2D eigenvalue weighted by Crippen LogP contribution is 2.41. The number of esters is 1. The topological polar surface area (TPSA) is 85.6 Å². The molecule has 0 fully saturated rings. The van der Waals surface area contributed by atoms with Gasteiger partial charge in [0.1, 0.15) is 16.9 Å². The highest BCUT2D eigenvalue weighted by atomic mass is 32.2. The Kier molecular flexibility index (Phi) is 5.72. The van der Waals surface area contributed by atoms with Gasteiger partial charge in [-0.05, 0) is 38.0 Å². The van der Waals surface area contributed by atoms with Gasteiger partial charge < -0.3 is 9.15 Å². The third-order valence-corrected chi connectivity index (χ3v) is 7.55. The number of hydrogen-bond donors (Lipinski definition) is 1. The zero-order chi connectivity index (χ0) is 25.0. The van der Waals surface area contributed by atoms with Crippen LogP contribution in [0, 0.1) is 20.8 Å². The van der Waals surface area contributed by atoms with Crippen molar-refractivity contribution in [2.75, 3.05) is 11.8 Å². The van der Waals surface area contributed by atoms with Crippen LogP contribution in [0.3, 0.4) is 0 Å². The first-order valence-electron chi connectivity index (χ1n) is 11.0. The number of aryl methyl sites for hydroxylation is 3. The van der Waals surface area contributed by atoms with Crippen molar-refractivity contribution in [3.63, 3.8) is 0 Å². The molecule has 1 heterocycles. The van der Waals surface area contributed by atoms with Gasteiger partial charge in [0.2, 0.25) is 0 Å². The molecule has 0 amide bonds. The predicted octanol–water partition coefficient (Wildman–Crippen LogP) is 6.40. The van der Waals surface area contributed by atoms with Crippen LogP contribution in [-0.4, -0.2) is 21.5 Å². The molecule has 1 aromatic heterocycles. The van der Waals surface area contributed by atoms with Crippen LogP contribution in [0.15, 0.2) is 51.8 Å². The van der Waals surface area contributed by atoms with Gasteiger partial charge in [-0.15, -0.1) is 0 Å². The fourth-order valence-electron chi connectivity index (χ4n) is 4.62. The monoisotopic (exact) mass is 479 g/mol. The first kappa shape index (κ1) is 23.8. The molecule has 0 saturated carbocycles. The Morgan fingerprint density at radius 2 is 1.53 bits per heavy atom. The maximum Gasteiger partial charge on any atom is 0.342 e. The van der Waals surface area contributed by atoms with Crippen LogP contribution in [0.4, 0.5) is 5.69 Å². The molecule has 0 atom stereocenters. The van der Waals surface area contributed by atoms with Crippen molar-refractivity contribution < 1.29 is 22.4 Å². The van der Waals surface area contributed by atoms with Crippen molar-refractivity contribution in [3.05, 3.63) is 70.5 Å². The molecule has 0 unspecified atom stereocenters. The number of carbonyl (C=O) groups excluding carboxylic acids is 1. The maximum absolute atomic E-state index is 13.5. The lowest BCUT2D eigenvalue weighted by Gasteiger charge is -2.16. The van der Waals surface area contributed by atoms with Crippen LogP contribution in [0.2, 0.25) is 0 Å². The Hall–Kier alpha value is -3.32. The molecule has 3 aromatic carbocycles. The molecular formula is C27H29NO5S. The van der Waals surface area contributed by atoms with Crippen molar-refractivity contribution >= 4 is 43.4 Å². The highest BCUT2D eigenvalue weighted by Gasteiger charge is 2.31. The van der Waals surface area contributed by atoms with Gasteiger partial charge in [-0.25, -0.2) is 13.2 Å². The lowest BCUT2D eigenvalue weighted by Crippen LogP contribution is -2.16. The highest BCUT2D eigenvalue weighted by molar-refractivity contribution is 7.92. The average Bonchev–Trinajstić information content (AvgIpc) is 3.12. The van der Waals surface area contributed by atoms with Crippen LogP contribution >= 0.6 is 0 Å². The normalized spacial score (nSPS) is 12.3. The second-order valence-electron chi connectivity index (χ2n) is 9.73. The molecule has 0 radical (unpaired) electrons. The Morgan fingerprint density at radius 1 is 0.941 bits per heavy atom. The largest absolute Gasteiger partial charge is 0.465 e. The van der Waals surface area contributed by atoms with Crippen LogP contribution in [0.1, 0.15) is 53.6 Å². The van der Waals surface area contributed by atoms with Gasteiger partial charge in [-0.1, -0.05) is 62.7 Å². The zero-order valence-electron chi connectivity index (χ0n) is 20.5. The van der Waals surface area contributed by atoms with Crippen molar-refractivity contribution in [1.82, 2.24) is 0 Å². The average molecular weight is 480 g/mol. The van der Waals surface area contributed by atoms with Crippen LogP contribution in [0.5, 0.6) is 0 Å². The number of anilines is 1. The van der Waals surface area contributed by atoms with E-state index in [1.165, 1.54) is 7.11 Å². The summed E-state index contributed by atoms with van der Waals surface area (Å²) in [5.41, 5.74) is 3.06. The molecule has 4 aromatic rings. The Balaban J connectivity index is 2.03. The van der Waals surface area contributed by atoms with Gasteiger partial charge in [0, 0.05) is 21.6 Å². The number of benzene rings is 3. The van der Waals surface area contributed by atoms with Gasteiger partial charge in [0.05, 0.1) is 17.7 Å². The molecule has 6 nitrogen and oxygen atoms in total. The minimum absolute atomic E-state index is 0.248. The fourth-order valence-corrected chi connectivity index (χ4v) is 6.15. The molecule has 0 aliphatic rings. The van der Waals surface area contributed by atoms with Gasteiger partial charge in [0.25, 0.3) is 10.0 Å². The standard InChI is InChI=1S/C27H29NO5S/c1-15-12-16(2)24(17(3)13-15)34(30,31)28-21-14-20-22(26(29)32-7)25(27(4,5)6)33-23(20)19-11-9-8-10-18(19)21/h8-14,28H,1-7H3. The lowest BCUT2D eigenvalue weighted by atomic mass is 9.89. The van der Waals surface area contributed by atoms with Gasteiger partial charge in [0.15, 0.2) is 0 Å². The van der Waals surface area contributed by atoms with E-state index in [4.69, 9.17) is 9.15 Å². The summed E-state index contributed by atoms with van der Waals surface area (Å²) >= 11 is 0. The Morgan fingerprint density at radius 3 is 2.09 bits per heavy atom. The molecule has 178 valence electrons. The number of methoxy groups -OCH3 is 1. The first-order chi connectivity index (χ1) is 15.8. The van der Waals surface area contributed by atoms with Crippen molar-refractivity contribution in [2.24, 2.45) is 0 Å². The number of ether oxygens (including phenoxy) is 1. The molecule has 0 saturated heterocycles. The molecule has 7 heteroatoms. The van der Waals surface area contributed by atoms with Crippen molar-refractivity contribution in [3.8, 4) is 0 Å². The van der Waals surface area contributed by atoms with E-state index in [0.29, 0.717) is 49.9 Å². The molecule has 0 spiro atoms. The van der Waals surface area contributed by atoms with E-state index < -0.39 is 21.4 Å². The second kappa shape index (κ2) is 8.17. The quantitative estimate of drug-likeness (QED) is 0.343. The van der Waals surface area contributed by atoms with Crippen LogP contribution in [-0.2, 0) is 20.2 Å². The number of rotatable bonds is 4. The maximum atomic E-state index is 13.5. The van der Waals surface area contributed by atoms with E-state index in [2.05, 4.69) is 4.72 Å². The SMILES string of the molecule is COC(=O)c1c(C(C)(C)C)oc2c1cc(NS(=O)(=O)c1c(C)cc(C)cc1C)c1ccccc12. The van der Waals surface area contributed by atoms with E-state index in [1.807, 2.05) is 64.1 Å². The number of carbonyl (C=O) groups is 1. The van der Waals surface area contributed by atoms with Crippen LogP contribution in [0.25, 0.3) is 21.7 Å². The number of furan rings is 1. The van der Waals surface area contributed by atoms with E-state index in [1.54, 1.807) is 19.9 Å². The fraction of sp³-hybridized carbons (Fsp3) is 0.296. The summed E-state index contributed by atoms with van der Waals surface area (Å²) in [5, 5.41) is 1.88. The number of hydrogen-bond acceptors (Lipinski definition) is 5. The Labute approximate surface area is 200 Å². The van der Waals surface area contributed by atoms with E-state index in [-0.39, 0.29) is 4.90 Å². The lowest BCUT2D eigenvalue weighted by molar-refractivity contribution is 0.0598. The summed E-state index contributed by atoms with van der Waals surface area (Å²) in [5.74, 6) is -0.0391. The molecule has 4 rings (SSSR count). The summed E-state index contributed by atoms with van der Waals surface area (Å²) in [6.45, 7) is 11.4.